The Hall–Kier alpha value is -0.214. The van der Waals surface area contributed by atoms with Crippen molar-refractivity contribution in [2.45, 2.75) is 4.55 Å². The van der Waals surface area contributed by atoms with Crippen molar-refractivity contribution >= 4 is 21.7 Å². The Bertz CT molecular complexity index is 170. The molecule has 1 aromatic rings. The molecule has 1 nitrogen and oxygen atoms in total. The molecule has 0 amide bonds. The molecule has 0 aliphatic carbocycles. The molecular formula is C8H9MgO+. The molecule has 0 aromatic heterocycles. The van der Waals surface area contributed by atoms with Gasteiger partial charge < -0.3 is 0 Å². The van der Waals surface area contributed by atoms with E-state index < -0.39 is 0 Å². The molecular weight excluding hydrogens is 136 g/mol. The average Bonchev–Trinajstić information content (AvgIpc) is 2.05. The Morgan fingerprint density at radius 2 is 1.90 bits per heavy atom. The zero-order valence-corrected chi connectivity index (χ0v) is 7.55. The molecule has 0 fully saturated rings. The molecule has 48 valence electrons. The molecule has 0 aliphatic heterocycles. The number of methoxy groups -OCH3 is 1. The summed E-state index contributed by atoms with van der Waals surface area (Å²) in [5.74, 6) is 0.931. The third-order valence-corrected chi connectivity index (χ3v) is 2.03. The third kappa shape index (κ3) is 1.89. The van der Waals surface area contributed by atoms with E-state index in [2.05, 4.69) is 12.1 Å². The quantitative estimate of drug-likeness (QED) is 0.571. The maximum absolute atomic E-state index is 5.02. The molecule has 0 saturated heterocycles. The van der Waals surface area contributed by atoms with Crippen molar-refractivity contribution in [3.8, 4) is 5.75 Å². The summed E-state index contributed by atoms with van der Waals surface area (Å²) in [5, 5.41) is 0. The maximum atomic E-state index is 5.02. The van der Waals surface area contributed by atoms with Gasteiger partial charge in [-0.15, -0.1) is 0 Å². The van der Waals surface area contributed by atoms with E-state index in [-0.39, 0.29) is 0 Å². The van der Waals surface area contributed by atoms with Crippen molar-refractivity contribution in [3.05, 3.63) is 29.8 Å². The first-order chi connectivity index (χ1) is 4.86. The normalized spacial score (nSPS) is 9.50. The first-order valence-corrected chi connectivity index (χ1v) is 4.29. The summed E-state index contributed by atoms with van der Waals surface area (Å²) in [6.07, 6.45) is 0. The van der Waals surface area contributed by atoms with E-state index in [9.17, 15) is 0 Å². The second-order valence-electron chi connectivity index (χ2n) is 2.10. The van der Waals surface area contributed by atoms with Gasteiger partial charge in [0.05, 0.1) is 0 Å². The van der Waals surface area contributed by atoms with Crippen molar-refractivity contribution in [1.29, 1.82) is 0 Å². The Morgan fingerprint density at radius 3 is 2.30 bits per heavy atom. The minimum atomic E-state index is 0.931. The van der Waals surface area contributed by atoms with Gasteiger partial charge in [0.1, 0.15) is 0 Å². The molecule has 0 saturated carbocycles. The molecule has 0 aliphatic rings. The molecule has 1 aromatic carbocycles. The van der Waals surface area contributed by atoms with Crippen molar-refractivity contribution < 1.29 is 4.74 Å². The van der Waals surface area contributed by atoms with E-state index in [1.165, 1.54) is 5.56 Å². The summed E-state index contributed by atoms with van der Waals surface area (Å²) >= 11 is 1.96. The van der Waals surface area contributed by atoms with Gasteiger partial charge in [0.2, 0.25) is 0 Å². The van der Waals surface area contributed by atoms with Crippen LogP contribution in [0.25, 0.3) is 0 Å². The van der Waals surface area contributed by atoms with Crippen LogP contribution in [0, 0.1) is 0 Å². The Labute approximate surface area is 73.8 Å². The SMILES string of the molecule is COc1ccc([CH2][Mg+])cc1. The number of benzene rings is 1. The summed E-state index contributed by atoms with van der Waals surface area (Å²) in [7, 11) is 1.68. The molecule has 0 radical (unpaired) electrons. The Balaban J connectivity index is 2.80. The van der Waals surface area contributed by atoms with Crippen LogP contribution in [-0.4, -0.2) is 28.8 Å². The number of hydrogen-bond acceptors (Lipinski definition) is 1. The predicted octanol–water partition coefficient (Wildman–Crippen LogP) is 1.36. The molecule has 0 atom stereocenters. The van der Waals surface area contributed by atoms with Crippen LogP contribution in [0.1, 0.15) is 5.56 Å². The van der Waals surface area contributed by atoms with E-state index in [1.54, 1.807) is 7.11 Å². The van der Waals surface area contributed by atoms with Crippen molar-refractivity contribution in [3.63, 3.8) is 0 Å². The fraction of sp³-hybridized carbons (Fsp3) is 0.250. The molecule has 1 rings (SSSR count). The fourth-order valence-corrected chi connectivity index (χ4v) is 1.13. The summed E-state index contributed by atoms with van der Waals surface area (Å²) in [6, 6.07) is 8.16. The first kappa shape index (κ1) is 7.89. The second kappa shape index (κ2) is 3.83. The number of hydrogen-bond donors (Lipinski definition) is 0. The van der Waals surface area contributed by atoms with Crippen molar-refractivity contribution in [2.24, 2.45) is 0 Å². The molecule has 0 N–H and O–H groups in total. The van der Waals surface area contributed by atoms with Gasteiger partial charge in [0.15, 0.2) is 0 Å². The van der Waals surface area contributed by atoms with Crippen molar-refractivity contribution in [2.75, 3.05) is 7.11 Å². The zero-order chi connectivity index (χ0) is 7.40. The summed E-state index contributed by atoms with van der Waals surface area (Å²) < 4.78 is 6.13. The van der Waals surface area contributed by atoms with E-state index >= 15 is 0 Å². The van der Waals surface area contributed by atoms with Crippen LogP contribution in [0.3, 0.4) is 0 Å². The van der Waals surface area contributed by atoms with E-state index in [1.807, 2.05) is 33.8 Å². The van der Waals surface area contributed by atoms with Gasteiger partial charge in [-0.2, -0.15) is 0 Å². The molecule has 0 heterocycles. The first-order valence-electron chi connectivity index (χ1n) is 3.29. The van der Waals surface area contributed by atoms with Gasteiger partial charge in [-0.3, -0.25) is 0 Å². The van der Waals surface area contributed by atoms with E-state index in [0.29, 0.717) is 0 Å². The van der Waals surface area contributed by atoms with Crippen LogP contribution >= 0.6 is 0 Å². The Morgan fingerprint density at radius 1 is 1.30 bits per heavy atom. The fourth-order valence-electron chi connectivity index (χ4n) is 0.792. The molecule has 10 heavy (non-hydrogen) atoms. The van der Waals surface area contributed by atoms with Gasteiger partial charge in [0, 0.05) is 0 Å². The van der Waals surface area contributed by atoms with Gasteiger partial charge in [-0.25, -0.2) is 0 Å². The average molecular weight is 145 g/mol. The Kier molecular flexibility index (Phi) is 3.02. The second-order valence-corrected chi connectivity index (χ2v) is 2.60. The molecule has 0 bridgehead atoms. The van der Waals surface area contributed by atoms with Crippen LogP contribution in [0.4, 0.5) is 0 Å². The summed E-state index contributed by atoms with van der Waals surface area (Å²) in [6.45, 7) is 0. The summed E-state index contributed by atoms with van der Waals surface area (Å²) in [4.78, 5) is 0. The standard InChI is InChI=1S/C8H9O.Mg/c1-7-3-5-8(9-2)6-4-7;/h3-6H,1H2,2H3;/q;+1. The minimum absolute atomic E-state index is 0.931. The topological polar surface area (TPSA) is 9.23 Å². The monoisotopic (exact) mass is 145 g/mol. The van der Waals surface area contributed by atoms with Crippen LogP contribution in [0.5, 0.6) is 5.75 Å². The number of rotatable bonds is 2. The van der Waals surface area contributed by atoms with Crippen LogP contribution in [0.15, 0.2) is 24.3 Å². The van der Waals surface area contributed by atoms with Crippen LogP contribution < -0.4 is 4.74 Å². The molecule has 0 spiro atoms. The zero-order valence-electron chi connectivity index (χ0n) is 6.13. The number of ether oxygens (including phenoxy) is 1. The van der Waals surface area contributed by atoms with E-state index in [4.69, 9.17) is 4.74 Å². The van der Waals surface area contributed by atoms with Crippen LogP contribution in [-0.2, 0) is 4.55 Å². The van der Waals surface area contributed by atoms with Gasteiger partial charge in [-0.05, 0) is 0 Å². The van der Waals surface area contributed by atoms with E-state index in [0.717, 1.165) is 10.3 Å². The van der Waals surface area contributed by atoms with Gasteiger partial charge in [0.25, 0.3) is 0 Å². The van der Waals surface area contributed by atoms with Gasteiger partial charge >= 0.3 is 73.7 Å². The summed E-state index contributed by atoms with van der Waals surface area (Å²) in [5.41, 5.74) is 1.36. The van der Waals surface area contributed by atoms with Gasteiger partial charge in [-0.1, -0.05) is 0 Å². The third-order valence-electron chi connectivity index (χ3n) is 1.45. The molecule has 2 heteroatoms. The van der Waals surface area contributed by atoms with Crippen molar-refractivity contribution in [1.82, 2.24) is 0 Å². The van der Waals surface area contributed by atoms with Crippen LogP contribution in [0.2, 0.25) is 0 Å². The molecule has 0 unspecified atom stereocenters. The predicted molar refractivity (Wildman–Crippen MR) is 42.5 cm³/mol.